The Kier molecular flexibility index (Phi) is 5.17. The Morgan fingerprint density at radius 3 is 2.38 bits per heavy atom. The number of benzene rings is 2. The lowest BCUT2D eigenvalue weighted by Gasteiger charge is -2.43. The normalized spacial score (nSPS) is 32.0. The number of hydrogen-bond donors (Lipinski definition) is 1. The summed E-state index contributed by atoms with van der Waals surface area (Å²) in [6.07, 6.45) is -3.85. The van der Waals surface area contributed by atoms with E-state index >= 15 is 0 Å². The quantitative estimate of drug-likeness (QED) is 0.369. The molecule has 2 amide bonds. The Labute approximate surface area is 225 Å². The van der Waals surface area contributed by atoms with Crippen molar-refractivity contribution >= 4 is 56.5 Å². The molecule has 3 heterocycles. The molecule has 3 aromatic rings. The largest absolute Gasteiger partial charge is 0.416 e. The van der Waals surface area contributed by atoms with Gasteiger partial charge in [0.1, 0.15) is 0 Å². The van der Waals surface area contributed by atoms with Crippen molar-refractivity contribution in [1.82, 2.24) is 4.98 Å². The van der Waals surface area contributed by atoms with E-state index in [4.69, 9.17) is 0 Å². The molecule has 1 saturated heterocycles. The number of anilines is 1. The minimum Gasteiger partial charge on any atom is -0.307 e. The minimum absolute atomic E-state index is 0.0239. The van der Waals surface area contributed by atoms with Crippen molar-refractivity contribution in [2.24, 2.45) is 29.6 Å². The molecule has 0 unspecified atom stereocenters. The Morgan fingerprint density at radius 2 is 1.68 bits per heavy atom. The number of imide groups is 1. The van der Waals surface area contributed by atoms with E-state index < -0.39 is 35.4 Å². The second-order valence-electron chi connectivity index (χ2n) is 10.1. The molecule has 7 rings (SSSR count). The Balaban J connectivity index is 1.30. The number of fused-ring (bicyclic) bond motifs is 9. The van der Waals surface area contributed by atoms with Gasteiger partial charge in [0, 0.05) is 20.5 Å². The number of nitrogens with one attached hydrogen (secondary N) is 1. The van der Waals surface area contributed by atoms with E-state index in [0.29, 0.717) is 0 Å². The third-order valence-corrected chi connectivity index (χ3v) is 11.5. The lowest BCUT2D eigenvalue weighted by atomic mass is 9.68. The maximum absolute atomic E-state index is 13.7. The highest BCUT2D eigenvalue weighted by atomic mass is 79.9. The predicted octanol–water partition coefficient (Wildman–Crippen LogP) is 5.90. The Bertz CT molecular complexity index is 1520. The second kappa shape index (κ2) is 8.07. The van der Waals surface area contributed by atoms with Gasteiger partial charge in [0.2, 0.25) is 11.8 Å². The van der Waals surface area contributed by atoms with Crippen LogP contribution in [0, 0.1) is 29.6 Å². The van der Waals surface area contributed by atoms with E-state index in [1.165, 1.54) is 23.5 Å². The van der Waals surface area contributed by atoms with Crippen LogP contribution in [0.2, 0.25) is 0 Å². The summed E-state index contributed by atoms with van der Waals surface area (Å²) in [5, 5.41) is 0.843. The van der Waals surface area contributed by atoms with Crippen LogP contribution in [-0.2, 0) is 15.8 Å². The van der Waals surface area contributed by atoms with E-state index in [0.717, 1.165) is 43.4 Å². The third-order valence-electron chi connectivity index (χ3n) is 8.38. The average Bonchev–Trinajstić information content (AvgIpc) is 3.58. The number of nitrogens with zero attached hydrogens (tertiary/aromatic N) is 1. The fourth-order valence-electron chi connectivity index (χ4n) is 7.14. The zero-order valence-corrected chi connectivity index (χ0v) is 22.1. The molecular formula is C26H18BrF3N2O3S2. The smallest absolute Gasteiger partial charge is 0.307 e. The van der Waals surface area contributed by atoms with Gasteiger partial charge in [0.25, 0.3) is 0 Å². The number of rotatable bonds is 2. The van der Waals surface area contributed by atoms with Gasteiger partial charge in [-0.1, -0.05) is 45.5 Å². The maximum Gasteiger partial charge on any atom is 0.416 e. The van der Waals surface area contributed by atoms with Crippen LogP contribution in [0.1, 0.15) is 28.3 Å². The van der Waals surface area contributed by atoms with E-state index in [-0.39, 0.29) is 39.5 Å². The first-order valence-electron chi connectivity index (χ1n) is 11.8. The van der Waals surface area contributed by atoms with Crippen LogP contribution in [0.3, 0.4) is 0 Å². The lowest BCUT2D eigenvalue weighted by Crippen LogP contribution is -2.42. The number of thiazole rings is 1. The fraction of sp³-hybridized carbons (Fsp3) is 0.346. The van der Waals surface area contributed by atoms with Crippen LogP contribution in [0.15, 0.2) is 62.8 Å². The van der Waals surface area contributed by atoms with Crippen molar-refractivity contribution in [1.29, 1.82) is 0 Å². The molecule has 2 aromatic carbocycles. The first-order valence-corrected chi connectivity index (χ1v) is 14.3. The standard InChI is InChI=1S/C26H18BrF3N2O3S2/c27-12-6-4-10(5-7-12)16-17-14-9-15(20(17)36-22-21(16)37-25(35)31-22)19-18(14)23(33)32(24(19)34)13-3-1-2-11(8-13)26(28,29)30/h1-8,14-20H,9H2,(H,31,35)/t14-,15-,16+,17-,18+,19-,20+/m1/s1. The van der Waals surface area contributed by atoms with Gasteiger partial charge in [-0.05, 0) is 60.1 Å². The van der Waals surface area contributed by atoms with Crippen LogP contribution in [0.5, 0.6) is 0 Å². The molecule has 2 bridgehead atoms. The van der Waals surface area contributed by atoms with Crippen molar-refractivity contribution in [3.63, 3.8) is 0 Å². The predicted molar refractivity (Wildman–Crippen MR) is 137 cm³/mol. The molecule has 0 radical (unpaired) electrons. The number of thioether (sulfide) groups is 1. The van der Waals surface area contributed by atoms with Crippen molar-refractivity contribution in [3.05, 3.63) is 78.7 Å². The third kappa shape index (κ3) is 3.39. The van der Waals surface area contributed by atoms with Gasteiger partial charge in [0.15, 0.2) is 0 Å². The summed E-state index contributed by atoms with van der Waals surface area (Å²) >= 11 is 6.25. The van der Waals surface area contributed by atoms with Gasteiger partial charge >= 0.3 is 11.0 Å². The number of amides is 2. The second-order valence-corrected chi connectivity index (χ2v) is 13.2. The molecule has 1 N–H and O–H groups in total. The summed E-state index contributed by atoms with van der Waals surface area (Å²) in [5.74, 6) is -2.19. The van der Waals surface area contributed by atoms with E-state index in [9.17, 15) is 27.6 Å². The number of aromatic nitrogens is 1. The SMILES string of the molecule is O=C1[C@@H]2[C@H]3C[C@@H]([C@@H]2C(=O)N1c1cccc(C(F)(F)F)c1)[C@@H]1[C@H](c2ccc(Br)cc2)c2sc(=O)[nH]c2S[C@@H]31. The summed E-state index contributed by atoms with van der Waals surface area (Å²) in [6, 6.07) is 12.4. The molecule has 2 aliphatic carbocycles. The highest BCUT2D eigenvalue weighted by Gasteiger charge is 2.69. The Hall–Kier alpha value is -2.37. The van der Waals surface area contributed by atoms with Gasteiger partial charge in [-0.3, -0.25) is 19.3 Å². The van der Waals surface area contributed by atoms with Crippen LogP contribution in [0.25, 0.3) is 0 Å². The molecule has 7 atom stereocenters. The number of carbonyl (C=O) groups excluding carboxylic acids is 2. The minimum atomic E-state index is -4.57. The lowest BCUT2D eigenvalue weighted by molar-refractivity contribution is -0.137. The number of halogens is 4. The molecule has 4 aliphatic rings. The summed E-state index contributed by atoms with van der Waals surface area (Å²) in [7, 11) is 0. The van der Waals surface area contributed by atoms with Crippen LogP contribution in [0.4, 0.5) is 18.9 Å². The van der Waals surface area contributed by atoms with E-state index in [2.05, 4.69) is 20.9 Å². The van der Waals surface area contributed by atoms with Gasteiger partial charge in [-0.25, -0.2) is 0 Å². The van der Waals surface area contributed by atoms with E-state index in [1.54, 1.807) is 11.8 Å². The molecule has 11 heteroatoms. The summed E-state index contributed by atoms with van der Waals surface area (Å²) in [4.78, 5) is 44.4. The number of hydrogen-bond acceptors (Lipinski definition) is 5. The molecule has 2 saturated carbocycles. The summed E-state index contributed by atoms with van der Waals surface area (Å²) in [6.45, 7) is 0. The molecular weight excluding hydrogens is 589 g/mol. The molecule has 190 valence electrons. The monoisotopic (exact) mass is 606 g/mol. The van der Waals surface area contributed by atoms with Crippen LogP contribution in [-0.4, -0.2) is 22.0 Å². The molecule has 37 heavy (non-hydrogen) atoms. The van der Waals surface area contributed by atoms with Crippen molar-refractivity contribution < 1.29 is 22.8 Å². The average molecular weight is 607 g/mol. The molecule has 0 spiro atoms. The topological polar surface area (TPSA) is 70.2 Å². The molecule has 1 aromatic heterocycles. The number of alkyl halides is 3. The summed E-state index contributed by atoms with van der Waals surface area (Å²) in [5.41, 5.74) is 0.131. The van der Waals surface area contributed by atoms with Crippen LogP contribution >= 0.6 is 39.0 Å². The van der Waals surface area contributed by atoms with Gasteiger partial charge in [0.05, 0.1) is 28.1 Å². The fourth-order valence-corrected chi connectivity index (χ4v) is 10.3. The highest BCUT2D eigenvalue weighted by molar-refractivity contribution is 9.10. The molecule has 3 fully saturated rings. The zero-order valence-electron chi connectivity index (χ0n) is 18.9. The first-order chi connectivity index (χ1) is 17.6. The Morgan fingerprint density at radius 1 is 0.973 bits per heavy atom. The van der Waals surface area contributed by atoms with Gasteiger partial charge < -0.3 is 4.98 Å². The van der Waals surface area contributed by atoms with E-state index in [1.807, 2.05) is 24.3 Å². The maximum atomic E-state index is 13.7. The van der Waals surface area contributed by atoms with Crippen molar-refractivity contribution in [2.75, 3.05) is 4.90 Å². The van der Waals surface area contributed by atoms with Crippen molar-refractivity contribution in [2.45, 2.75) is 28.8 Å². The highest BCUT2D eigenvalue weighted by Crippen LogP contribution is 2.68. The van der Waals surface area contributed by atoms with Gasteiger partial charge in [-0.2, -0.15) is 13.2 Å². The van der Waals surface area contributed by atoms with Gasteiger partial charge in [-0.15, -0.1) is 11.8 Å². The molecule has 5 nitrogen and oxygen atoms in total. The first kappa shape index (κ1) is 23.7. The van der Waals surface area contributed by atoms with Crippen molar-refractivity contribution in [3.8, 4) is 0 Å². The number of H-pyrrole nitrogens is 1. The zero-order chi connectivity index (χ0) is 25.8. The van der Waals surface area contributed by atoms with Crippen LogP contribution < -0.4 is 9.77 Å². The molecule has 2 aliphatic heterocycles. The summed E-state index contributed by atoms with van der Waals surface area (Å²) < 4.78 is 41.0. The number of carbonyl (C=O) groups is 2. The number of aromatic amines is 1.